The van der Waals surface area contributed by atoms with E-state index in [1.54, 1.807) is 0 Å². The minimum absolute atomic E-state index is 0.140. The number of alkyl halides is 2. The molecule has 1 saturated heterocycles. The van der Waals surface area contributed by atoms with Gasteiger partial charge in [-0.1, -0.05) is 0 Å². The first kappa shape index (κ1) is 17.7. The molecule has 0 atom stereocenters. The lowest BCUT2D eigenvalue weighted by atomic mass is 9.93. The van der Waals surface area contributed by atoms with E-state index in [4.69, 9.17) is 0 Å². The third-order valence-electron chi connectivity index (χ3n) is 4.04. The second-order valence-corrected chi connectivity index (χ2v) is 5.85. The maximum absolute atomic E-state index is 13.6. The van der Waals surface area contributed by atoms with Gasteiger partial charge in [0.2, 0.25) is 5.91 Å². The topological polar surface area (TPSA) is 32.3 Å². The average Bonchev–Trinajstić information content (AvgIpc) is 2.51. The summed E-state index contributed by atoms with van der Waals surface area (Å²) in [7, 11) is 0. The van der Waals surface area contributed by atoms with Gasteiger partial charge in [-0.15, -0.1) is 0 Å². The summed E-state index contributed by atoms with van der Waals surface area (Å²) in [5.74, 6) is -1.12. The van der Waals surface area contributed by atoms with Crippen molar-refractivity contribution in [3.05, 3.63) is 35.4 Å². The molecule has 1 amide bonds. The van der Waals surface area contributed by atoms with Crippen LogP contribution in [0.15, 0.2) is 18.2 Å². The van der Waals surface area contributed by atoms with E-state index in [1.807, 2.05) is 4.90 Å². The molecule has 0 bridgehead atoms. The first-order chi connectivity index (χ1) is 10.9. The maximum Gasteiger partial charge on any atom is 0.255 e. The van der Waals surface area contributed by atoms with E-state index < -0.39 is 24.6 Å². The average molecular weight is 332 g/mol. The number of amides is 1. The zero-order valence-corrected chi connectivity index (χ0v) is 12.7. The minimum Gasteiger partial charge on any atom is -0.350 e. The van der Waals surface area contributed by atoms with Gasteiger partial charge in [-0.05, 0) is 50.0 Å². The molecule has 0 aromatic heterocycles. The van der Waals surface area contributed by atoms with Crippen LogP contribution in [-0.4, -0.2) is 36.9 Å². The van der Waals surface area contributed by atoms with Gasteiger partial charge in [0.1, 0.15) is 11.6 Å². The zero-order chi connectivity index (χ0) is 16.8. The molecule has 23 heavy (non-hydrogen) atoms. The first-order valence-corrected chi connectivity index (χ1v) is 7.65. The Kier molecular flexibility index (Phi) is 6.38. The highest BCUT2D eigenvalue weighted by Crippen LogP contribution is 2.22. The van der Waals surface area contributed by atoms with Gasteiger partial charge in [0, 0.05) is 18.5 Å². The monoisotopic (exact) mass is 332 g/mol. The van der Waals surface area contributed by atoms with E-state index in [0.717, 1.165) is 25.0 Å². The highest BCUT2D eigenvalue weighted by Gasteiger charge is 2.22. The van der Waals surface area contributed by atoms with Crippen LogP contribution in [0.25, 0.3) is 0 Å². The van der Waals surface area contributed by atoms with Crippen molar-refractivity contribution in [3.63, 3.8) is 0 Å². The Morgan fingerprint density at radius 1 is 1.26 bits per heavy atom. The predicted octanol–water partition coefficient (Wildman–Crippen LogP) is 2.95. The number of halogens is 4. The van der Waals surface area contributed by atoms with Gasteiger partial charge in [0.25, 0.3) is 6.43 Å². The highest BCUT2D eigenvalue weighted by molar-refractivity contribution is 5.76. The lowest BCUT2D eigenvalue weighted by molar-refractivity contribution is -0.123. The van der Waals surface area contributed by atoms with Crippen molar-refractivity contribution in [1.29, 1.82) is 0 Å². The van der Waals surface area contributed by atoms with Gasteiger partial charge in [0.05, 0.1) is 6.54 Å². The van der Waals surface area contributed by atoms with E-state index in [-0.39, 0.29) is 18.2 Å². The Hall–Kier alpha value is -1.63. The van der Waals surface area contributed by atoms with Gasteiger partial charge in [-0.3, -0.25) is 9.69 Å². The second kappa shape index (κ2) is 8.29. The van der Waals surface area contributed by atoms with Crippen molar-refractivity contribution >= 4 is 5.91 Å². The molecule has 1 N–H and O–H groups in total. The van der Waals surface area contributed by atoms with Crippen LogP contribution in [0.2, 0.25) is 0 Å². The lowest BCUT2D eigenvalue weighted by Gasteiger charge is -2.31. The van der Waals surface area contributed by atoms with Crippen LogP contribution in [0, 0.1) is 17.6 Å². The predicted molar refractivity (Wildman–Crippen MR) is 78.0 cm³/mol. The molecule has 1 aromatic carbocycles. The molecule has 0 saturated carbocycles. The normalized spacial score (nSPS) is 16.7. The molecule has 7 heteroatoms. The molecule has 0 unspecified atom stereocenters. The van der Waals surface area contributed by atoms with E-state index in [9.17, 15) is 22.4 Å². The zero-order valence-electron chi connectivity index (χ0n) is 12.7. The fourth-order valence-corrected chi connectivity index (χ4v) is 2.78. The van der Waals surface area contributed by atoms with Crippen LogP contribution in [0.3, 0.4) is 0 Å². The van der Waals surface area contributed by atoms with E-state index >= 15 is 0 Å². The van der Waals surface area contributed by atoms with Gasteiger partial charge < -0.3 is 5.32 Å². The molecule has 2 rings (SSSR count). The first-order valence-electron chi connectivity index (χ1n) is 7.65. The SMILES string of the molecule is O=C(CC1CCN(Cc2cc(F)ccc2F)CC1)NCC(F)F. The molecule has 128 valence electrons. The van der Waals surface area contributed by atoms with Crippen LogP contribution in [0.4, 0.5) is 17.6 Å². The largest absolute Gasteiger partial charge is 0.350 e. The number of benzene rings is 1. The van der Waals surface area contributed by atoms with Crippen LogP contribution in [-0.2, 0) is 11.3 Å². The molecular formula is C16H20F4N2O. The Morgan fingerprint density at radius 2 is 1.96 bits per heavy atom. The number of hydrogen-bond acceptors (Lipinski definition) is 2. The Morgan fingerprint density at radius 3 is 2.61 bits per heavy atom. The Balaban J connectivity index is 1.75. The fourth-order valence-electron chi connectivity index (χ4n) is 2.78. The number of nitrogens with zero attached hydrogens (tertiary/aromatic N) is 1. The highest BCUT2D eigenvalue weighted by atomic mass is 19.3. The summed E-state index contributed by atoms with van der Waals surface area (Å²) in [5.41, 5.74) is 0.318. The molecular weight excluding hydrogens is 312 g/mol. The van der Waals surface area contributed by atoms with E-state index in [1.165, 1.54) is 6.07 Å². The number of piperidine rings is 1. The van der Waals surface area contributed by atoms with Gasteiger partial charge in [0.15, 0.2) is 0 Å². The van der Waals surface area contributed by atoms with E-state index in [2.05, 4.69) is 5.32 Å². The van der Waals surface area contributed by atoms with Gasteiger partial charge >= 0.3 is 0 Å². The summed E-state index contributed by atoms with van der Waals surface area (Å²) in [5, 5.41) is 2.20. The Labute approximate surface area is 132 Å². The summed E-state index contributed by atoms with van der Waals surface area (Å²) < 4.78 is 50.8. The molecule has 3 nitrogen and oxygen atoms in total. The van der Waals surface area contributed by atoms with Crippen molar-refractivity contribution in [2.75, 3.05) is 19.6 Å². The molecule has 1 fully saturated rings. The molecule has 0 spiro atoms. The fraction of sp³-hybridized carbons (Fsp3) is 0.562. The van der Waals surface area contributed by atoms with Crippen molar-refractivity contribution in [3.8, 4) is 0 Å². The van der Waals surface area contributed by atoms with E-state index in [0.29, 0.717) is 25.2 Å². The number of carbonyl (C=O) groups excluding carboxylic acids is 1. The molecule has 1 heterocycles. The van der Waals surface area contributed by atoms with Gasteiger partial charge in [-0.25, -0.2) is 17.6 Å². The number of nitrogens with one attached hydrogen (secondary N) is 1. The summed E-state index contributed by atoms with van der Waals surface area (Å²) in [6.45, 7) is 1.05. The minimum atomic E-state index is -2.54. The molecule has 1 aliphatic rings. The second-order valence-electron chi connectivity index (χ2n) is 5.85. The van der Waals surface area contributed by atoms with Crippen LogP contribution < -0.4 is 5.32 Å². The van der Waals surface area contributed by atoms with Crippen LogP contribution >= 0.6 is 0 Å². The number of carbonyl (C=O) groups is 1. The third kappa shape index (κ3) is 5.82. The van der Waals surface area contributed by atoms with Crippen LogP contribution in [0.1, 0.15) is 24.8 Å². The Bertz CT molecular complexity index is 531. The lowest BCUT2D eigenvalue weighted by Crippen LogP contribution is -2.36. The van der Waals surface area contributed by atoms with Crippen molar-refractivity contribution in [1.82, 2.24) is 10.2 Å². The summed E-state index contributed by atoms with van der Waals surface area (Å²) in [6, 6.07) is 3.40. The third-order valence-corrected chi connectivity index (χ3v) is 4.04. The number of likely N-dealkylation sites (tertiary alicyclic amines) is 1. The number of hydrogen-bond donors (Lipinski definition) is 1. The summed E-state index contributed by atoms with van der Waals surface area (Å²) >= 11 is 0. The summed E-state index contributed by atoms with van der Waals surface area (Å²) in [4.78, 5) is 13.5. The van der Waals surface area contributed by atoms with Crippen molar-refractivity contribution in [2.24, 2.45) is 5.92 Å². The van der Waals surface area contributed by atoms with Crippen molar-refractivity contribution in [2.45, 2.75) is 32.2 Å². The van der Waals surface area contributed by atoms with Crippen LogP contribution in [0.5, 0.6) is 0 Å². The molecule has 0 radical (unpaired) electrons. The maximum atomic E-state index is 13.6. The standard InChI is InChI=1S/C16H20F4N2O/c17-13-1-2-14(18)12(8-13)10-22-5-3-11(4-6-22)7-16(23)21-9-15(19)20/h1-2,8,11,15H,3-7,9-10H2,(H,21,23). The molecule has 1 aromatic rings. The number of rotatable bonds is 6. The smallest absolute Gasteiger partial charge is 0.255 e. The molecule has 0 aliphatic carbocycles. The molecule has 1 aliphatic heterocycles. The van der Waals surface area contributed by atoms with Crippen molar-refractivity contribution < 1.29 is 22.4 Å². The summed E-state index contributed by atoms with van der Waals surface area (Å²) in [6.07, 6.45) is -0.839. The van der Waals surface area contributed by atoms with Gasteiger partial charge in [-0.2, -0.15) is 0 Å². The quantitative estimate of drug-likeness (QED) is 0.813.